The standard InChI is InChI=1S/C24H21NO.C3H8.C2H6/c1-5-17-9-10-19-11-14(2)22-15(3)25-24(23(22)21(19)12-17)20-8-6-7-18(13-20)16(4)26;1-3-2;1-2/h5-13,23H,1H2,2-4H3;3H2,1-2H3;1-2H3. The molecule has 1 aliphatic heterocycles. The van der Waals surface area contributed by atoms with Gasteiger partial charge in [0.15, 0.2) is 5.78 Å². The van der Waals surface area contributed by atoms with Gasteiger partial charge in [0.1, 0.15) is 0 Å². The Morgan fingerprint density at radius 3 is 2.39 bits per heavy atom. The molecule has 0 saturated heterocycles. The first-order valence-corrected chi connectivity index (χ1v) is 11.3. The van der Waals surface area contributed by atoms with Gasteiger partial charge >= 0.3 is 0 Å². The van der Waals surface area contributed by atoms with E-state index in [2.05, 4.69) is 58.5 Å². The van der Waals surface area contributed by atoms with Crippen LogP contribution in [-0.2, 0) is 0 Å². The topological polar surface area (TPSA) is 29.4 Å². The van der Waals surface area contributed by atoms with E-state index in [1.54, 1.807) is 6.92 Å². The minimum Gasteiger partial charge on any atom is -0.295 e. The van der Waals surface area contributed by atoms with E-state index >= 15 is 0 Å². The fourth-order valence-corrected chi connectivity index (χ4v) is 4.01. The molecule has 1 unspecified atom stereocenters. The molecule has 4 rings (SSSR count). The number of aliphatic imine (C=N–C) groups is 1. The van der Waals surface area contributed by atoms with Gasteiger partial charge in [-0.05, 0) is 60.2 Å². The molecular weight excluding hydrogens is 378 g/mol. The van der Waals surface area contributed by atoms with Crippen molar-refractivity contribution in [1.82, 2.24) is 0 Å². The molecule has 0 aromatic heterocycles. The van der Waals surface area contributed by atoms with Crippen LogP contribution in [0, 0.1) is 0 Å². The Balaban J connectivity index is 0.000000630. The molecule has 0 N–H and O–H groups in total. The van der Waals surface area contributed by atoms with E-state index < -0.39 is 0 Å². The molecule has 0 radical (unpaired) electrons. The highest BCUT2D eigenvalue weighted by molar-refractivity contribution is 6.12. The number of hydrogen-bond acceptors (Lipinski definition) is 2. The molecule has 0 saturated carbocycles. The first-order chi connectivity index (χ1) is 14.9. The van der Waals surface area contributed by atoms with Gasteiger partial charge in [-0.1, -0.05) is 89.2 Å². The van der Waals surface area contributed by atoms with Gasteiger partial charge in [-0.25, -0.2) is 0 Å². The summed E-state index contributed by atoms with van der Waals surface area (Å²) in [7, 11) is 0. The fourth-order valence-electron chi connectivity index (χ4n) is 4.01. The molecule has 0 spiro atoms. The molecular formula is C29H35NO. The van der Waals surface area contributed by atoms with Crippen molar-refractivity contribution in [2.24, 2.45) is 4.99 Å². The number of nitrogens with zero attached hydrogens (tertiary/aromatic N) is 1. The van der Waals surface area contributed by atoms with Gasteiger partial charge in [0.2, 0.25) is 0 Å². The van der Waals surface area contributed by atoms with Crippen LogP contribution in [0.4, 0.5) is 0 Å². The minimum absolute atomic E-state index is 0.0735. The summed E-state index contributed by atoms with van der Waals surface area (Å²) in [5.74, 6) is 0.182. The van der Waals surface area contributed by atoms with E-state index in [0.717, 1.165) is 28.1 Å². The van der Waals surface area contributed by atoms with Crippen molar-refractivity contribution in [2.75, 3.05) is 0 Å². The average molecular weight is 414 g/mol. The van der Waals surface area contributed by atoms with E-state index in [1.807, 2.05) is 44.2 Å². The molecule has 31 heavy (non-hydrogen) atoms. The first kappa shape index (κ1) is 24.3. The predicted octanol–water partition coefficient (Wildman–Crippen LogP) is 8.25. The third-order valence-electron chi connectivity index (χ3n) is 5.26. The summed E-state index contributed by atoms with van der Waals surface area (Å²) in [6, 6.07) is 14.3. The van der Waals surface area contributed by atoms with E-state index in [4.69, 9.17) is 4.99 Å². The van der Waals surface area contributed by atoms with Crippen molar-refractivity contribution >= 4 is 23.6 Å². The second-order valence-corrected chi connectivity index (χ2v) is 7.69. The Bertz CT molecular complexity index is 1070. The molecule has 1 atom stereocenters. The lowest BCUT2D eigenvalue weighted by atomic mass is 9.75. The maximum absolute atomic E-state index is 11.8. The number of hydrogen-bond donors (Lipinski definition) is 0. The number of rotatable bonds is 3. The van der Waals surface area contributed by atoms with Crippen LogP contribution in [0.1, 0.15) is 93.4 Å². The molecule has 2 heteroatoms. The Labute approximate surface area is 188 Å². The number of benzene rings is 2. The number of ketones is 1. The molecule has 1 heterocycles. The summed E-state index contributed by atoms with van der Waals surface area (Å²) in [5.41, 5.74) is 9.95. The molecule has 0 fully saturated rings. The minimum atomic E-state index is 0.0735. The van der Waals surface area contributed by atoms with Gasteiger partial charge in [-0.2, -0.15) is 0 Å². The van der Waals surface area contributed by atoms with Crippen LogP contribution in [0.25, 0.3) is 12.2 Å². The lowest BCUT2D eigenvalue weighted by Gasteiger charge is -2.26. The Kier molecular flexibility index (Phi) is 8.50. The highest BCUT2D eigenvalue weighted by Crippen LogP contribution is 2.46. The van der Waals surface area contributed by atoms with E-state index in [-0.39, 0.29) is 11.7 Å². The van der Waals surface area contributed by atoms with Crippen molar-refractivity contribution in [3.05, 3.63) is 93.7 Å². The first-order valence-electron chi connectivity index (χ1n) is 11.3. The SMILES string of the molecule is C=Cc1ccc2c(c1)C1C(c3cccc(C(C)=O)c3)=NC(C)=C1C(C)=C2.CC.CCC. The van der Waals surface area contributed by atoms with Crippen LogP contribution in [0.5, 0.6) is 0 Å². The maximum Gasteiger partial charge on any atom is 0.159 e. The highest BCUT2D eigenvalue weighted by Gasteiger charge is 2.35. The van der Waals surface area contributed by atoms with Gasteiger partial charge < -0.3 is 0 Å². The lowest BCUT2D eigenvalue weighted by Crippen LogP contribution is -2.18. The molecule has 2 nitrogen and oxygen atoms in total. The zero-order valence-corrected chi connectivity index (χ0v) is 20.0. The van der Waals surface area contributed by atoms with Crippen LogP contribution in [0.15, 0.2) is 70.9 Å². The number of carbonyl (C=O) groups excluding carboxylic acids is 1. The third-order valence-corrected chi connectivity index (χ3v) is 5.26. The number of carbonyl (C=O) groups is 1. The van der Waals surface area contributed by atoms with Crippen molar-refractivity contribution in [1.29, 1.82) is 0 Å². The van der Waals surface area contributed by atoms with Gasteiger partial charge in [0.25, 0.3) is 0 Å². The summed E-state index contributed by atoms with van der Waals surface area (Å²) in [5, 5.41) is 0. The number of Topliss-reactive ketones (excluding diaryl/α,β-unsaturated/α-hetero) is 1. The fraction of sp³-hybridized carbons (Fsp3) is 0.310. The monoisotopic (exact) mass is 413 g/mol. The van der Waals surface area contributed by atoms with E-state index in [0.29, 0.717) is 0 Å². The Morgan fingerprint density at radius 1 is 1.10 bits per heavy atom. The van der Waals surface area contributed by atoms with Crippen molar-refractivity contribution in [3.63, 3.8) is 0 Å². The van der Waals surface area contributed by atoms with Gasteiger partial charge in [-0.15, -0.1) is 0 Å². The second kappa shape index (κ2) is 10.9. The smallest absolute Gasteiger partial charge is 0.159 e. The maximum atomic E-state index is 11.8. The van der Waals surface area contributed by atoms with Gasteiger partial charge in [0, 0.05) is 11.3 Å². The Morgan fingerprint density at radius 2 is 1.77 bits per heavy atom. The molecule has 0 bridgehead atoms. The summed E-state index contributed by atoms with van der Waals surface area (Å²) >= 11 is 0. The van der Waals surface area contributed by atoms with Gasteiger partial charge in [-0.3, -0.25) is 9.79 Å². The van der Waals surface area contributed by atoms with Crippen molar-refractivity contribution in [3.8, 4) is 0 Å². The normalized spacial score (nSPS) is 15.9. The summed E-state index contributed by atoms with van der Waals surface area (Å²) < 4.78 is 0. The van der Waals surface area contributed by atoms with E-state index in [9.17, 15) is 4.79 Å². The summed E-state index contributed by atoms with van der Waals surface area (Å²) in [6.07, 6.45) is 5.37. The molecule has 0 amide bonds. The van der Waals surface area contributed by atoms with Crippen LogP contribution in [0.2, 0.25) is 0 Å². The molecule has 2 aromatic carbocycles. The zero-order chi connectivity index (χ0) is 23.1. The van der Waals surface area contributed by atoms with Crippen molar-refractivity contribution in [2.45, 2.75) is 60.8 Å². The van der Waals surface area contributed by atoms with Crippen LogP contribution < -0.4 is 0 Å². The van der Waals surface area contributed by atoms with Crippen LogP contribution in [-0.4, -0.2) is 11.5 Å². The highest BCUT2D eigenvalue weighted by atomic mass is 16.1. The largest absolute Gasteiger partial charge is 0.295 e. The average Bonchev–Trinajstić information content (AvgIpc) is 3.14. The van der Waals surface area contributed by atoms with Crippen LogP contribution >= 0.6 is 0 Å². The lowest BCUT2D eigenvalue weighted by molar-refractivity contribution is 0.101. The van der Waals surface area contributed by atoms with Crippen molar-refractivity contribution < 1.29 is 4.79 Å². The second-order valence-electron chi connectivity index (χ2n) is 7.69. The summed E-state index contributed by atoms with van der Waals surface area (Å²) in [4.78, 5) is 16.7. The molecule has 1 aliphatic carbocycles. The predicted molar refractivity (Wildman–Crippen MR) is 136 cm³/mol. The van der Waals surface area contributed by atoms with Gasteiger partial charge in [0.05, 0.1) is 11.6 Å². The Hall–Kier alpha value is -3.00. The quantitative estimate of drug-likeness (QED) is 0.466. The van der Waals surface area contributed by atoms with Crippen LogP contribution in [0.3, 0.4) is 0 Å². The van der Waals surface area contributed by atoms with E-state index in [1.165, 1.54) is 28.7 Å². The third kappa shape index (κ3) is 5.02. The zero-order valence-electron chi connectivity index (χ0n) is 20.0. The molecule has 2 aliphatic rings. The number of allylic oxidation sites excluding steroid dienone is 3. The summed E-state index contributed by atoms with van der Waals surface area (Å²) in [6.45, 7) is 18.0. The number of fused-ring (bicyclic) bond motifs is 3. The molecule has 162 valence electrons. The molecule has 2 aromatic rings.